The Morgan fingerprint density at radius 3 is 2.09 bits per heavy atom. The summed E-state index contributed by atoms with van der Waals surface area (Å²) in [5.41, 5.74) is 1.84. The quantitative estimate of drug-likeness (QED) is 0.274. The number of aryl methyl sites for hydroxylation is 1. The van der Waals surface area contributed by atoms with Gasteiger partial charge in [-0.1, -0.05) is 72.1 Å². The fourth-order valence-corrected chi connectivity index (χ4v) is 3.91. The highest BCUT2D eigenvalue weighted by Gasteiger charge is 2.24. The van der Waals surface area contributed by atoms with Crippen molar-refractivity contribution in [3.05, 3.63) is 23.6 Å². The van der Waals surface area contributed by atoms with Crippen molar-refractivity contribution in [2.45, 2.75) is 90.9 Å². The molecule has 0 radical (unpaired) electrons. The molecule has 0 aliphatic heterocycles. The number of methoxy groups -OCH3 is 2. The molecule has 6 heteroatoms. The summed E-state index contributed by atoms with van der Waals surface area (Å²) in [7, 11) is 3.29. The Morgan fingerprint density at radius 1 is 0.906 bits per heavy atom. The molecule has 0 aliphatic carbocycles. The Morgan fingerprint density at radius 2 is 1.53 bits per heavy atom. The molecule has 0 bridgehead atoms. The molecule has 1 atom stereocenters. The molecule has 1 unspecified atom stereocenters. The molecule has 0 aliphatic rings. The standard InChI is InChI=1S/C26H39N3O3/c1-6-7-8-9-10-11-12-13-14-15-20-16-21(24(31-5)17-23(20)30-4)25-28-29-26(32-25)22(18-27)19(2)3/h16-17,19,22H,6-15H2,1-5H3. The maximum absolute atomic E-state index is 9.44. The zero-order valence-corrected chi connectivity index (χ0v) is 20.4. The van der Waals surface area contributed by atoms with Crippen LogP contribution in [0.5, 0.6) is 11.5 Å². The Bertz CT molecular complexity index is 854. The van der Waals surface area contributed by atoms with E-state index in [1.807, 2.05) is 26.0 Å². The SMILES string of the molecule is CCCCCCCCCCCc1cc(-c2nnc(C(C#N)C(C)C)o2)c(OC)cc1OC. The van der Waals surface area contributed by atoms with Crippen LogP contribution in [0.25, 0.3) is 11.5 Å². The third kappa shape index (κ3) is 7.25. The number of nitriles is 1. The molecule has 6 nitrogen and oxygen atoms in total. The van der Waals surface area contributed by atoms with E-state index in [9.17, 15) is 5.26 Å². The topological polar surface area (TPSA) is 81.2 Å². The zero-order valence-electron chi connectivity index (χ0n) is 20.4. The Labute approximate surface area is 193 Å². The minimum Gasteiger partial charge on any atom is -0.496 e. The summed E-state index contributed by atoms with van der Waals surface area (Å²) < 4.78 is 17.1. The number of nitrogens with zero attached hydrogens (tertiary/aromatic N) is 3. The summed E-state index contributed by atoms with van der Waals surface area (Å²) in [5, 5.41) is 17.8. The van der Waals surface area contributed by atoms with E-state index in [0.717, 1.165) is 29.7 Å². The molecule has 0 spiro atoms. The Balaban J connectivity index is 2.06. The molecule has 1 aromatic heterocycles. The number of unbranched alkanes of at least 4 members (excludes halogenated alkanes) is 8. The molecule has 0 fully saturated rings. The van der Waals surface area contributed by atoms with E-state index in [0.29, 0.717) is 17.5 Å². The highest BCUT2D eigenvalue weighted by Crippen LogP contribution is 2.37. The molecule has 0 saturated heterocycles. The van der Waals surface area contributed by atoms with Crippen molar-refractivity contribution in [1.29, 1.82) is 5.26 Å². The van der Waals surface area contributed by atoms with Crippen molar-refractivity contribution in [1.82, 2.24) is 10.2 Å². The average molecular weight is 442 g/mol. The maximum Gasteiger partial charge on any atom is 0.251 e. The number of ether oxygens (including phenoxy) is 2. The predicted octanol–water partition coefficient (Wildman–Crippen LogP) is 7.09. The third-order valence-electron chi connectivity index (χ3n) is 5.90. The van der Waals surface area contributed by atoms with Crippen LogP contribution in [0, 0.1) is 17.2 Å². The Kier molecular flexibility index (Phi) is 11.1. The second kappa shape index (κ2) is 13.8. The molecule has 0 amide bonds. The lowest BCUT2D eigenvalue weighted by Crippen LogP contribution is -2.04. The molecule has 0 saturated carbocycles. The van der Waals surface area contributed by atoms with E-state index in [2.05, 4.69) is 23.2 Å². The normalized spacial score (nSPS) is 12.0. The van der Waals surface area contributed by atoms with Gasteiger partial charge in [0.1, 0.15) is 17.4 Å². The molecule has 176 valence electrons. The van der Waals surface area contributed by atoms with Crippen LogP contribution in [-0.2, 0) is 6.42 Å². The number of hydrogen-bond acceptors (Lipinski definition) is 6. The third-order valence-corrected chi connectivity index (χ3v) is 5.90. The smallest absolute Gasteiger partial charge is 0.251 e. The fraction of sp³-hybridized carbons (Fsp3) is 0.654. The first-order valence-electron chi connectivity index (χ1n) is 12.0. The molecular formula is C26H39N3O3. The van der Waals surface area contributed by atoms with Crippen molar-refractivity contribution < 1.29 is 13.9 Å². The van der Waals surface area contributed by atoms with Gasteiger partial charge in [-0.3, -0.25) is 0 Å². The van der Waals surface area contributed by atoms with E-state index in [1.54, 1.807) is 14.2 Å². The number of rotatable bonds is 15. The second-order valence-corrected chi connectivity index (χ2v) is 8.74. The van der Waals surface area contributed by atoms with E-state index in [4.69, 9.17) is 13.9 Å². The number of hydrogen-bond donors (Lipinski definition) is 0. The molecule has 32 heavy (non-hydrogen) atoms. The van der Waals surface area contributed by atoms with Crippen LogP contribution in [0.1, 0.15) is 95.9 Å². The first kappa shape index (κ1) is 25.7. The average Bonchev–Trinajstić information content (AvgIpc) is 3.27. The maximum atomic E-state index is 9.44. The largest absolute Gasteiger partial charge is 0.496 e. The van der Waals surface area contributed by atoms with E-state index in [-0.39, 0.29) is 5.92 Å². The number of aromatic nitrogens is 2. The van der Waals surface area contributed by atoms with Crippen LogP contribution >= 0.6 is 0 Å². The summed E-state index contributed by atoms with van der Waals surface area (Å²) in [4.78, 5) is 0. The monoisotopic (exact) mass is 441 g/mol. The number of benzene rings is 1. The van der Waals surface area contributed by atoms with E-state index < -0.39 is 5.92 Å². The highest BCUT2D eigenvalue weighted by atomic mass is 16.5. The summed E-state index contributed by atoms with van der Waals surface area (Å²) in [6.07, 6.45) is 12.6. The lowest BCUT2D eigenvalue weighted by atomic mass is 9.98. The van der Waals surface area contributed by atoms with Gasteiger partial charge in [-0.05, 0) is 30.4 Å². The van der Waals surface area contributed by atoms with Crippen LogP contribution in [0.4, 0.5) is 0 Å². The van der Waals surface area contributed by atoms with Gasteiger partial charge in [-0.2, -0.15) is 5.26 Å². The molecule has 1 heterocycles. The van der Waals surface area contributed by atoms with Crippen LogP contribution in [0.2, 0.25) is 0 Å². The van der Waals surface area contributed by atoms with Crippen molar-refractivity contribution in [3.63, 3.8) is 0 Å². The van der Waals surface area contributed by atoms with Gasteiger partial charge in [-0.25, -0.2) is 0 Å². The van der Waals surface area contributed by atoms with Crippen molar-refractivity contribution in [2.75, 3.05) is 14.2 Å². The lowest BCUT2D eigenvalue weighted by molar-refractivity contribution is 0.389. The van der Waals surface area contributed by atoms with Gasteiger partial charge >= 0.3 is 0 Å². The van der Waals surface area contributed by atoms with Crippen LogP contribution in [0.15, 0.2) is 16.5 Å². The van der Waals surface area contributed by atoms with Gasteiger partial charge in [0, 0.05) is 6.07 Å². The molecule has 0 N–H and O–H groups in total. The van der Waals surface area contributed by atoms with Crippen molar-refractivity contribution in [2.24, 2.45) is 5.92 Å². The first-order valence-corrected chi connectivity index (χ1v) is 12.0. The first-order chi connectivity index (χ1) is 15.5. The molecule has 2 aromatic rings. The second-order valence-electron chi connectivity index (χ2n) is 8.74. The fourth-order valence-electron chi connectivity index (χ4n) is 3.91. The van der Waals surface area contributed by atoms with Crippen LogP contribution in [0.3, 0.4) is 0 Å². The Hall–Kier alpha value is -2.55. The summed E-state index contributed by atoms with van der Waals surface area (Å²) in [6, 6.07) is 6.16. The van der Waals surface area contributed by atoms with Gasteiger partial charge < -0.3 is 13.9 Å². The van der Waals surface area contributed by atoms with Gasteiger partial charge in [0.2, 0.25) is 5.89 Å². The molecule has 1 aromatic carbocycles. The molecule has 2 rings (SSSR count). The summed E-state index contributed by atoms with van der Waals surface area (Å²) >= 11 is 0. The molecular weight excluding hydrogens is 402 g/mol. The summed E-state index contributed by atoms with van der Waals surface area (Å²) in [6.45, 7) is 6.19. The predicted molar refractivity (Wildman–Crippen MR) is 127 cm³/mol. The van der Waals surface area contributed by atoms with Crippen molar-refractivity contribution >= 4 is 0 Å². The lowest BCUT2D eigenvalue weighted by Gasteiger charge is -2.13. The summed E-state index contributed by atoms with van der Waals surface area (Å²) in [5.74, 6) is 1.80. The minimum atomic E-state index is -0.429. The van der Waals surface area contributed by atoms with E-state index >= 15 is 0 Å². The van der Waals surface area contributed by atoms with Gasteiger partial charge in [0.05, 0.1) is 25.9 Å². The highest BCUT2D eigenvalue weighted by molar-refractivity contribution is 5.66. The zero-order chi connectivity index (χ0) is 23.3. The van der Waals surface area contributed by atoms with E-state index in [1.165, 1.54) is 51.4 Å². The van der Waals surface area contributed by atoms with Crippen LogP contribution < -0.4 is 9.47 Å². The van der Waals surface area contributed by atoms with Gasteiger partial charge in [0.25, 0.3) is 5.89 Å². The van der Waals surface area contributed by atoms with Gasteiger partial charge in [0.15, 0.2) is 0 Å². The van der Waals surface area contributed by atoms with Gasteiger partial charge in [-0.15, -0.1) is 10.2 Å². The van der Waals surface area contributed by atoms with Crippen LogP contribution in [-0.4, -0.2) is 24.4 Å². The minimum absolute atomic E-state index is 0.0910. The van der Waals surface area contributed by atoms with Crippen molar-refractivity contribution in [3.8, 4) is 29.0 Å².